The minimum atomic E-state index is -0.678. The smallest absolute Gasteiger partial charge is 0.306 e. The molecule has 0 amide bonds. The van der Waals surface area contributed by atoms with Gasteiger partial charge in [0.05, 0.1) is 11.6 Å². The number of hydrogen-bond acceptors (Lipinski definition) is 4. The van der Waals surface area contributed by atoms with E-state index in [9.17, 15) is 4.79 Å². The van der Waals surface area contributed by atoms with Gasteiger partial charge in [0, 0.05) is 11.7 Å². The minimum Gasteiger partial charge on any atom is -0.481 e. The van der Waals surface area contributed by atoms with Gasteiger partial charge in [-0.05, 0) is 43.5 Å². The molecule has 0 bridgehead atoms. The summed E-state index contributed by atoms with van der Waals surface area (Å²) in [6.07, 6.45) is 6.63. The highest BCUT2D eigenvalue weighted by molar-refractivity contribution is 5.70. The third-order valence-corrected chi connectivity index (χ3v) is 3.94. The molecule has 2 unspecified atom stereocenters. The third-order valence-electron chi connectivity index (χ3n) is 3.94. The normalized spacial score (nSPS) is 21.9. The molecule has 0 radical (unpaired) electrons. The molecule has 0 spiro atoms. The summed E-state index contributed by atoms with van der Waals surface area (Å²) in [6, 6.07) is 8.14. The van der Waals surface area contributed by atoms with Gasteiger partial charge < -0.3 is 10.4 Å². The number of carboxylic acid groups (broad SMARTS) is 1. The Labute approximate surface area is 122 Å². The number of rotatable bonds is 4. The van der Waals surface area contributed by atoms with Crippen molar-refractivity contribution in [3.8, 4) is 5.69 Å². The number of carboxylic acids is 1. The molecule has 1 heterocycles. The number of nitrogens with zero attached hydrogens (tertiary/aromatic N) is 3. The molecular formula is C15H18N4O2. The molecule has 2 atom stereocenters. The minimum absolute atomic E-state index is 0.217. The van der Waals surface area contributed by atoms with Crippen molar-refractivity contribution in [2.45, 2.75) is 31.7 Å². The summed E-state index contributed by atoms with van der Waals surface area (Å²) in [5.41, 5.74) is 1.96. The molecule has 110 valence electrons. The van der Waals surface area contributed by atoms with Gasteiger partial charge in [0.25, 0.3) is 0 Å². The lowest BCUT2D eigenvalue weighted by molar-refractivity contribution is -0.142. The van der Waals surface area contributed by atoms with Crippen molar-refractivity contribution in [1.29, 1.82) is 0 Å². The fraction of sp³-hybridized carbons (Fsp3) is 0.400. The number of carbonyl (C=O) groups is 1. The number of aromatic nitrogens is 3. The fourth-order valence-electron chi connectivity index (χ4n) is 2.83. The maximum Gasteiger partial charge on any atom is 0.306 e. The summed E-state index contributed by atoms with van der Waals surface area (Å²) in [5.74, 6) is -0.895. The maximum atomic E-state index is 11.1. The van der Waals surface area contributed by atoms with Gasteiger partial charge in [-0.15, -0.1) is 0 Å². The molecule has 2 N–H and O–H groups in total. The van der Waals surface area contributed by atoms with Crippen molar-refractivity contribution in [1.82, 2.24) is 14.8 Å². The molecule has 1 saturated carbocycles. The van der Waals surface area contributed by atoms with E-state index in [2.05, 4.69) is 15.4 Å². The van der Waals surface area contributed by atoms with E-state index in [1.807, 2.05) is 24.3 Å². The lowest BCUT2D eigenvalue weighted by Gasteiger charge is -2.28. The highest BCUT2D eigenvalue weighted by atomic mass is 16.4. The van der Waals surface area contributed by atoms with Crippen molar-refractivity contribution in [2.24, 2.45) is 5.92 Å². The Kier molecular flexibility index (Phi) is 3.85. The van der Waals surface area contributed by atoms with Gasteiger partial charge in [-0.2, -0.15) is 5.10 Å². The lowest BCUT2D eigenvalue weighted by atomic mass is 9.85. The summed E-state index contributed by atoms with van der Waals surface area (Å²) in [5, 5.41) is 16.6. The average Bonchev–Trinajstić information content (AvgIpc) is 3.02. The van der Waals surface area contributed by atoms with Crippen molar-refractivity contribution < 1.29 is 9.90 Å². The monoisotopic (exact) mass is 286 g/mol. The highest BCUT2D eigenvalue weighted by Gasteiger charge is 2.26. The molecular weight excluding hydrogens is 268 g/mol. The molecule has 3 rings (SSSR count). The highest BCUT2D eigenvalue weighted by Crippen LogP contribution is 2.27. The van der Waals surface area contributed by atoms with Crippen LogP contribution in [0.2, 0.25) is 0 Å². The Morgan fingerprint density at radius 1 is 1.29 bits per heavy atom. The van der Waals surface area contributed by atoms with E-state index in [4.69, 9.17) is 5.11 Å². The topological polar surface area (TPSA) is 80.0 Å². The third kappa shape index (κ3) is 3.21. The van der Waals surface area contributed by atoms with Crippen LogP contribution < -0.4 is 5.32 Å². The van der Waals surface area contributed by atoms with Crippen LogP contribution >= 0.6 is 0 Å². The van der Waals surface area contributed by atoms with E-state index < -0.39 is 5.97 Å². The Morgan fingerprint density at radius 2 is 2.10 bits per heavy atom. The SMILES string of the molecule is O=C(O)C1CCCC(Nc2ccc(-n3cncn3)cc2)C1. The summed E-state index contributed by atoms with van der Waals surface area (Å²) in [4.78, 5) is 15.0. The zero-order valence-electron chi connectivity index (χ0n) is 11.6. The zero-order valence-corrected chi connectivity index (χ0v) is 11.6. The quantitative estimate of drug-likeness (QED) is 0.901. The number of nitrogens with one attached hydrogen (secondary N) is 1. The van der Waals surface area contributed by atoms with Crippen molar-refractivity contribution in [3.63, 3.8) is 0 Å². The van der Waals surface area contributed by atoms with E-state index in [1.165, 1.54) is 6.33 Å². The molecule has 0 saturated heterocycles. The number of anilines is 1. The van der Waals surface area contributed by atoms with E-state index in [0.717, 1.165) is 30.6 Å². The second-order valence-electron chi connectivity index (χ2n) is 5.43. The van der Waals surface area contributed by atoms with Crippen LogP contribution in [0.25, 0.3) is 5.69 Å². The average molecular weight is 286 g/mol. The largest absolute Gasteiger partial charge is 0.481 e. The second-order valence-corrected chi connectivity index (χ2v) is 5.43. The lowest BCUT2D eigenvalue weighted by Crippen LogP contribution is -2.30. The molecule has 1 aromatic heterocycles. The van der Waals surface area contributed by atoms with Crippen LogP contribution in [0.3, 0.4) is 0 Å². The number of aliphatic carboxylic acids is 1. The van der Waals surface area contributed by atoms with Crippen LogP contribution in [0.5, 0.6) is 0 Å². The predicted molar refractivity (Wildman–Crippen MR) is 78.4 cm³/mol. The first-order valence-corrected chi connectivity index (χ1v) is 7.17. The standard InChI is InChI=1S/C15H18N4O2/c20-15(21)11-2-1-3-13(8-11)18-12-4-6-14(7-5-12)19-10-16-9-17-19/h4-7,9-11,13,18H,1-3,8H2,(H,20,21). The molecule has 1 aliphatic rings. The zero-order chi connectivity index (χ0) is 14.7. The van der Waals surface area contributed by atoms with E-state index in [-0.39, 0.29) is 12.0 Å². The van der Waals surface area contributed by atoms with Gasteiger partial charge in [0.2, 0.25) is 0 Å². The predicted octanol–water partition coefficient (Wildman–Crippen LogP) is 2.32. The molecule has 0 aliphatic heterocycles. The van der Waals surface area contributed by atoms with Gasteiger partial charge in [0.1, 0.15) is 12.7 Å². The van der Waals surface area contributed by atoms with E-state index in [1.54, 1.807) is 11.0 Å². The molecule has 6 nitrogen and oxygen atoms in total. The van der Waals surface area contributed by atoms with Crippen LogP contribution in [-0.2, 0) is 4.79 Å². The Balaban J connectivity index is 1.64. The molecule has 1 aromatic carbocycles. The summed E-state index contributed by atoms with van der Waals surface area (Å²) >= 11 is 0. The molecule has 2 aromatic rings. The summed E-state index contributed by atoms with van der Waals surface area (Å²) in [6.45, 7) is 0. The van der Waals surface area contributed by atoms with E-state index in [0.29, 0.717) is 6.42 Å². The van der Waals surface area contributed by atoms with Crippen molar-refractivity contribution in [3.05, 3.63) is 36.9 Å². The van der Waals surface area contributed by atoms with Crippen LogP contribution in [0, 0.1) is 5.92 Å². The van der Waals surface area contributed by atoms with E-state index >= 15 is 0 Å². The Bertz CT molecular complexity index is 595. The Hall–Kier alpha value is -2.37. The van der Waals surface area contributed by atoms with Gasteiger partial charge in [-0.3, -0.25) is 4.79 Å². The first-order valence-electron chi connectivity index (χ1n) is 7.17. The van der Waals surface area contributed by atoms with Crippen molar-refractivity contribution in [2.75, 3.05) is 5.32 Å². The molecule has 21 heavy (non-hydrogen) atoms. The number of hydrogen-bond donors (Lipinski definition) is 2. The maximum absolute atomic E-state index is 11.1. The second kappa shape index (κ2) is 5.95. The first kappa shape index (κ1) is 13.6. The fourth-order valence-corrected chi connectivity index (χ4v) is 2.83. The first-order chi connectivity index (χ1) is 10.2. The summed E-state index contributed by atoms with van der Waals surface area (Å²) in [7, 11) is 0. The van der Waals surface area contributed by atoms with Crippen molar-refractivity contribution >= 4 is 11.7 Å². The molecule has 6 heteroatoms. The van der Waals surface area contributed by atoms with Crippen LogP contribution in [-0.4, -0.2) is 31.9 Å². The van der Waals surface area contributed by atoms with Crippen LogP contribution in [0.1, 0.15) is 25.7 Å². The van der Waals surface area contributed by atoms with Gasteiger partial charge >= 0.3 is 5.97 Å². The summed E-state index contributed by atoms with van der Waals surface area (Å²) < 4.78 is 1.70. The van der Waals surface area contributed by atoms with Gasteiger partial charge in [-0.25, -0.2) is 9.67 Å². The Morgan fingerprint density at radius 3 is 2.76 bits per heavy atom. The molecule has 1 fully saturated rings. The van der Waals surface area contributed by atoms with Crippen LogP contribution in [0.4, 0.5) is 5.69 Å². The van der Waals surface area contributed by atoms with Gasteiger partial charge in [-0.1, -0.05) is 6.42 Å². The molecule has 1 aliphatic carbocycles. The number of benzene rings is 1. The van der Waals surface area contributed by atoms with Crippen LogP contribution in [0.15, 0.2) is 36.9 Å². The van der Waals surface area contributed by atoms with Gasteiger partial charge in [0.15, 0.2) is 0 Å².